The normalized spacial score (nSPS) is 20.5. The van der Waals surface area contributed by atoms with Crippen LogP contribution in [0.3, 0.4) is 0 Å². The van der Waals surface area contributed by atoms with Gasteiger partial charge in [0.1, 0.15) is 5.75 Å². The molecule has 1 aromatic rings. The highest BCUT2D eigenvalue weighted by molar-refractivity contribution is 5.71. The number of nitrogens with zero attached hydrogens (tertiary/aromatic N) is 1. The molecule has 0 atom stereocenters. The summed E-state index contributed by atoms with van der Waals surface area (Å²) in [5.41, 5.74) is 1.60. The Morgan fingerprint density at radius 1 is 1.26 bits per heavy atom. The molecule has 19 heavy (non-hydrogen) atoms. The van der Waals surface area contributed by atoms with Crippen LogP contribution in [0.2, 0.25) is 0 Å². The number of aromatic hydroxyl groups is 1. The number of carboxylic acids is 1. The molecule has 1 aliphatic carbocycles. The quantitative estimate of drug-likeness (QED) is 0.874. The zero-order valence-corrected chi connectivity index (χ0v) is 10.9. The Bertz CT molecular complexity index is 502. The monoisotopic (exact) mass is 261 g/mol. The van der Waals surface area contributed by atoms with Crippen molar-refractivity contribution in [2.75, 3.05) is 18.0 Å². The number of phenolic OH excluding ortho intramolecular Hbond substituents is 1. The molecule has 1 saturated heterocycles. The van der Waals surface area contributed by atoms with E-state index in [-0.39, 0.29) is 17.6 Å². The van der Waals surface area contributed by atoms with E-state index in [2.05, 4.69) is 4.90 Å². The summed E-state index contributed by atoms with van der Waals surface area (Å²) in [6.45, 7) is 2.10. The molecule has 3 rings (SSSR count). The molecular weight excluding hydrogens is 242 g/mol. The summed E-state index contributed by atoms with van der Waals surface area (Å²) >= 11 is 0. The maximum atomic E-state index is 11.0. The lowest BCUT2D eigenvalue weighted by Crippen LogP contribution is -2.19. The van der Waals surface area contributed by atoms with E-state index in [1.165, 1.54) is 12.8 Å². The molecule has 0 amide bonds. The van der Waals surface area contributed by atoms with E-state index in [9.17, 15) is 9.90 Å². The minimum absolute atomic E-state index is 0.115. The highest BCUT2D eigenvalue weighted by atomic mass is 16.4. The smallest absolute Gasteiger partial charge is 0.304 e. The molecule has 1 saturated carbocycles. The average molecular weight is 261 g/mol. The Morgan fingerprint density at radius 2 is 1.95 bits per heavy atom. The number of anilines is 1. The van der Waals surface area contributed by atoms with Gasteiger partial charge >= 0.3 is 5.97 Å². The lowest BCUT2D eigenvalue weighted by molar-refractivity contribution is -0.137. The number of rotatable bonds is 4. The maximum Gasteiger partial charge on any atom is 0.304 e. The predicted molar refractivity (Wildman–Crippen MR) is 72.7 cm³/mol. The Balaban J connectivity index is 1.92. The third-order valence-electron chi connectivity index (χ3n) is 4.37. The molecule has 1 aromatic carbocycles. The molecule has 0 bridgehead atoms. The van der Waals surface area contributed by atoms with Gasteiger partial charge in [0.05, 0.1) is 6.42 Å². The van der Waals surface area contributed by atoms with Crippen molar-refractivity contribution in [2.45, 2.75) is 37.5 Å². The van der Waals surface area contributed by atoms with Gasteiger partial charge in [-0.2, -0.15) is 0 Å². The number of hydrogen-bond acceptors (Lipinski definition) is 3. The number of benzene rings is 1. The van der Waals surface area contributed by atoms with Crippen molar-refractivity contribution in [2.24, 2.45) is 0 Å². The Hall–Kier alpha value is -1.71. The summed E-state index contributed by atoms with van der Waals surface area (Å²) in [5.74, 6) is -0.551. The van der Waals surface area contributed by atoms with Gasteiger partial charge in [0.2, 0.25) is 0 Å². The summed E-state index contributed by atoms with van der Waals surface area (Å²) in [6.07, 6.45) is 4.24. The lowest BCUT2D eigenvalue weighted by atomic mass is 9.91. The summed E-state index contributed by atoms with van der Waals surface area (Å²) in [7, 11) is 0. The minimum Gasteiger partial charge on any atom is -0.508 e. The molecular formula is C15H19NO3. The van der Waals surface area contributed by atoms with Gasteiger partial charge in [-0.15, -0.1) is 0 Å². The van der Waals surface area contributed by atoms with E-state index < -0.39 is 5.97 Å². The number of carboxylic acid groups (broad SMARTS) is 1. The second kappa shape index (κ2) is 4.44. The van der Waals surface area contributed by atoms with Gasteiger partial charge in [-0.25, -0.2) is 0 Å². The Morgan fingerprint density at radius 3 is 2.53 bits per heavy atom. The molecule has 1 aliphatic heterocycles. The fourth-order valence-corrected chi connectivity index (χ4v) is 3.10. The van der Waals surface area contributed by atoms with Crippen LogP contribution in [0.1, 0.15) is 37.7 Å². The van der Waals surface area contributed by atoms with Crippen molar-refractivity contribution in [1.82, 2.24) is 0 Å². The van der Waals surface area contributed by atoms with Crippen LogP contribution in [-0.2, 0) is 10.2 Å². The minimum atomic E-state index is -0.788. The number of aliphatic carboxylic acids is 1. The molecule has 2 aliphatic rings. The van der Waals surface area contributed by atoms with Gasteiger partial charge in [-0.05, 0) is 43.9 Å². The third kappa shape index (κ3) is 2.27. The maximum absolute atomic E-state index is 11.0. The molecule has 102 valence electrons. The van der Waals surface area contributed by atoms with Crippen LogP contribution < -0.4 is 4.90 Å². The van der Waals surface area contributed by atoms with E-state index >= 15 is 0 Å². The fraction of sp³-hybridized carbons (Fsp3) is 0.533. The van der Waals surface area contributed by atoms with E-state index in [1.54, 1.807) is 6.07 Å². The van der Waals surface area contributed by atoms with E-state index in [1.807, 2.05) is 12.1 Å². The molecule has 0 aromatic heterocycles. The van der Waals surface area contributed by atoms with E-state index in [4.69, 9.17) is 5.11 Å². The summed E-state index contributed by atoms with van der Waals surface area (Å²) < 4.78 is 0. The first kappa shape index (κ1) is 12.3. The van der Waals surface area contributed by atoms with Crippen molar-refractivity contribution in [3.8, 4) is 5.75 Å². The predicted octanol–water partition coefficient (Wildman–Crippen LogP) is 2.50. The van der Waals surface area contributed by atoms with Gasteiger partial charge < -0.3 is 15.1 Å². The highest BCUT2D eigenvalue weighted by Gasteiger charge is 2.47. The Labute approximate surface area is 112 Å². The molecule has 1 heterocycles. The molecule has 4 heteroatoms. The summed E-state index contributed by atoms with van der Waals surface area (Å²) in [6, 6.07) is 5.64. The van der Waals surface area contributed by atoms with Gasteiger partial charge in [-0.1, -0.05) is 0 Å². The van der Waals surface area contributed by atoms with Crippen molar-refractivity contribution < 1.29 is 15.0 Å². The standard InChI is InChI=1S/C15H19NO3/c17-13-4-3-11(16-7-1-2-8-16)9-12(13)15(5-6-15)10-14(18)19/h3-4,9,17H,1-2,5-8,10H2,(H,18,19). The highest BCUT2D eigenvalue weighted by Crippen LogP contribution is 2.54. The molecule has 0 spiro atoms. The van der Waals surface area contributed by atoms with Gasteiger partial charge in [-0.3, -0.25) is 4.79 Å². The van der Waals surface area contributed by atoms with Crippen molar-refractivity contribution in [1.29, 1.82) is 0 Å². The first-order valence-electron chi connectivity index (χ1n) is 6.91. The van der Waals surface area contributed by atoms with Crippen LogP contribution in [0.25, 0.3) is 0 Å². The summed E-state index contributed by atoms with van der Waals surface area (Å²) in [4.78, 5) is 13.3. The fourth-order valence-electron chi connectivity index (χ4n) is 3.10. The van der Waals surface area contributed by atoms with Crippen LogP contribution in [0, 0.1) is 0 Å². The van der Waals surface area contributed by atoms with E-state index in [0.29, 0.717) is 0 Å². The SMILES string of the molecule is O=C(O)CC1(c2cc(N3CCCC3)ccc2O)CC1. The van der Waals surface area contributed by atoms with Gasteiger partial charge in [0, 0.05) is 29.8 Å². The molecule has 2 N–H and O–H groups in total. The topological polar surface area (TPSA) is 60.8 Å². The van der Waals surface area contributed by atoms with Gasteiger partial charge in [0.25, 0.3) is 0 Å². The zero-order valence-electron chi connectivity index (χ0n) is 10.9. The molecule has 4 nitrogen and oxygen atoms in total. The average Bonchev–Trinajstić information content (AvgIpc) is 2.92. The van der Waals surface area contributed by atoms with Crippen molar-refractivity contribution in [3.05, 3.63) is 23.8 Å². The first-order chi connectivity index (χ1) is 9.11. The van der Waals surface area contributed by atoms with Gasteiger partial charge in [0.15, 0.2) is 0 Å². The van der Waals surface area contributed by atoms with Crippen molar-refractivity contribution in [3.63, 3.8) is 0 Å². The lowest BCUT2D eigenvalue weighted by Gasteiger charge is -2.21. The Kier molecular flexibility index (Phi) is 2.88. The number of hydrogen-bond donors (Lipinski definition) is 2. The molecule has 0 unspecified atom stereocenters. The van der Waals surface area contributed by atoms with Crippen molar-refractivity contribution >= 4 is 11.7 Å². The first-order valence-corrected chi connectivity index (χ1v) is 6.91. The van der Waals surface area contributed by atoms with Crippen LogP contribution in [0.15, 0.2) is 18.2 Å². The second-order valence-corrected chi connectivity index (χ2v) is 5.75. The number of carbonyl (C=O) groups is 1. The van der Waals surface area contributed by atoms with Crippen LogP contribution in [0.4, 0.5) is 5.69 Å². The molecule has 0 radical (unpaired) electrons. The zero-order chi connectivity index (χ0) is 13.5. The van der Waals surface area contributed by atoms with E-state index in [0.717, 1.165) is 37.2 Å². The largest absolute Gasteiger partial charge is 0.508 e. The third-order valence-corrected chi connectivity index (χ3v) is 4.37. The summed E-state index contributed by atoms with van der Waals surface area (Å²) in [5, 5.41) is 19.1. The number of phenols is 1. The van der Waals surface area contributed by atoms with Crippen LogP contribution >= 0.6 is 0 Å². The molecule has 2 fully saturated rings. The second-order valence-electron chi connectivity index (χ2n) is 5.75. The van der Waals surface area contributed by atoms with Crippen LogP contribution in [0.5, 0.6) is 5.75 Å². The van der Waals surface area contributed by atoms with Crippen LogP contribution in [-0.4, -0.2) is 29.3 Å².